The molecule has 0 fully saturated rings. The van der Waals surface area contributed by atoms with Crippen molar-refractivity contribution in [3.8, 4) is 0 Å². The molecule has 0 bridgehead atoms. The molecule has 0 amide bonds. The average Bonchev–Trinajstić information content (AvgIpc) is 1.89. The van der Waals surface area contributed by atoms with E-state index in [-0.39, 0.29) is 0 Å². The Labute approximate surface area is 57.8 Å². The van der Waals surface area contributed by atoms with Crippen molar-refractivity contribution in [1.82, 2.24) is 5.32 Å². The monoisotopic (exact) mass is 130 g/mol. The number of nitrogens with one attached hydrogen (secondary N) is 1. The first-order valence-electron chi connectivity index (χ1n) is 3.68. The molecular formula is C7H18N2. The molecule has 2 heteroatoms. The van der Waals surface area contributed by atoms with Crippen LogP contribution in [0.25, 0.3) is 0 Å². The predicted molar refractivity (Wildman–Crippen MR) is 41.4 cm³/mol. The van der Waals surface area contributed by atoms with Gasteiger partial charge in [0, 0.05) is 6.04 Å². The first kappa shape index (κ1) is 8.92. The Morgan fingerprint density at radius 3 is 2.56 bits per heavy atom. The van der Waals surface area contributed by atoms with Crippen LogP contribution in [0.4, 0.5) is 0 Å². The highest BCUT2D eigenvalue weighted by atomic mass is 14.8. The summed E-state index contributed by atoms with van der Waals surface area (Å²) in [7, 11) is 1.99. The van der Waals surface area contributed by atoms with Crippen molar-refractivity contribution < 1.29 is 0 Å². The minimum atomic E-state index is 0.650. The van der Waals surface area contributed by atoms with E-state index in [4.69, 9.17) is 5.73 Å². The van der Waals surface area contributed by atoms with Crippen LogP contribution in [-0.4, -0.2) is 19.6 Å². The predicted octanol–water partition coefficient (Wildman–Crippen LogP) is 0.723. The van der Waals surface area contributed by atoms with Gasteiger partial charge < -0.3 is 11.1 Å². The van der Waals surface area contributed by atoms with E-state index in [0.29, 0.717) is 6.04 Å². The number of rotatable bonds is 5. The standard InChI is InChI=1S/C7H18N2/c1-7(9-2)5-3-4-6-8/h7,9H,3-6,8H2,1-2H3/t7-/m0/s1. The summed E-state index contributed by atoms with van der Waals surface area (Å²) in [6, 6.07) is 0.650. The molecule has 0 aromatic heterocycles. The normalized spacial score (nSPS) is 13.7. The lowest BCUT2D eigenvalue weighted by atomic mass is 10.1. The van der Waals surface area contributed by atoms with Crippen molar-refractivity contribution in [2.75, 3.05) is 13.6 Å². The Morgan fingerprint density at radius 2 is 2.11 bits per heavy atom. The van der Waals surface area contributed by atoms with Crippen LogP contribution in [0.15, 0.2) is 0 Å². The van der Waals surface area contributed by atoms with E-state index in [0.717, 1.165) is 13.0 Å². The van der Waals surface area contributed by atoms with Crippen molar-refractivity contribution in [1.29, 1.82) is 0 Å². The molecule has 0 unspecified atom stereocenters. The number of hydrogen-bond acceptors (Lipinski definition) is 2. The fourth-order valence-corrected chi connectivity index (χ4v) is 0.739. The lowest BCUT2D eigenvalue weighted by Crippen LogP contribution is -2.20. The van der Waals surface area contributed by atoms with Gasteiger partial charge in [-0.1, -0.05) is 6.42 Å². The smallest absolute Gasteiger partial charge is 0.00357 e. The van der Waals surface area contributed by atoms with E-state index in [9.17, 15) is 0 Å². The highest BCUT2D eigenvalue weighted by Crippen LogP contribution is 1.97. The van der Waals surface area contributed by atoms with Crippen molar-refractivity contribution in [3.63, 3.8) is 0 Å². The van der Waals surface area contributed by atoms with Gasteiger partial charge in [0.25, 0.3) is 0 Å². The topological polar surface area (TPSA) is 38.0 Å². The summed E-state index contributed by atoms with van der Waals surface area (Å²) in [6.45, 7) is 3.02. The van der Waals surface area contributed by atoms with Crippen LogP contribution >= 0.6 is 0 Å². The molecular weight excluding hydrogens is 112 g/mol. The first-order valence-corrected chi connectivity index (χ1v) is 3.68. The van der Waals surface area contributed by atoms with Crippen molar-refractivity contribution in [2.45, 2.75) is 32.2 Å². The molecule has 56 valence electrons. The van der Waals surface area contributed by atoms with E-state index in [1.165, 1.54) is 12.8 Å². The molecule has 0 aromatic carbocycles. The molecule has 0 aromatic rings. The maximum atomic E-state index is 5.34. The molecule has 0 rings (SSSR count). The lowest BCUT2D eigenvalue weighted by molar-refractivity contribution is 0.531. The molecule has 0 aliphatic rings. The van der Waals surface area contributed by atoms with Crippen LogP contribution in [-0.2, 0) is 0 Å². The van der Waals surface area contributed by atoms with Crippen LogP contribution in [0.2, 0.25) is 0 Å². The van der Waals surface area contributed by atoms with Gasteiger partial charge in [0.15, 0.2) is 0 Å². The lowest BCUT2D eigenvalue weighted by Gasteiger charge is -2.07. The van der Waals surface area contributed by atoms with E-state index < -0.39 is 0 Å². The Morgan fingerprint density at radius 1 is 1.44 bits per heavy atom. The Kier molecular flexibility index (Phi) is 5.99. The van der Waals surface area contributed by atoms with Crippen LogP contribution in [0, 0.1) is 0 Å². The van der Waals surface area contributed by atoms with E-state index in [1.807, 2.05) is 7.05 Å². The number of nitrogens with two attached hydrogens (primary N) is 1. The molecule has 0 radical (unpaired) electrons. The Balaban J connectivity index is 2.88. The molecule has 2 nitrogen and oxygen atoms in total. The van der Waals surface area contributed by atoms with Gasteiger partial charge in [0.2, 0.25) is 0 Å². The Hall–Kier alpha value is -0.0800. The van der Waals surface area contributed by atoms with Crippen molar-refractivity contribution in [3.05, 3.63) is 0 Å². The van der Waals surface area contributed by atoms with Crippen LogP contribution in [0.5, 0.6) is 0 Å². The van der Waals surface area contributed by atoms with Crippen LogP contribution < -0.4 is 11.1 Å². The van der Waals surface area contributed by atoms with Gasteiger partial charge in [-0.15, -0.1) is 0 Å². The molecule has 1 atom stereocenters. The first-order chi connectivity index (χ1) is 4.31. The van der Waals surface area contributed by atoms with E-state index >= 15 is 0 Å². The summed E-state index contributed by atoms with van der Waals surface area (Å²) < 4.78 is 0. The summed E-state index contributed by atoms with van der Waals surface area (Å²) in [5.41, 5.74) is 5.34. The van der Waals surface area contributed by atoms with E-state index in [2.05, 4.69) is 12.2 Å². The maximum absolute atomic E-state index is 5.34. The minimum Gasteiger partial charge on any atom is -0.330 e. The average molecular weight is 130 g/mol. The fourth-order valence-electron chi connectivity index (χ4n) is 0.739. The second-order valence-electron chi connectivity index (χ2n) is 2.47. The van der Waals surface area contributed by atoms with Crippen LogP contribution in [0.1, 0.15) is 26.2 Å². The summed E-state index contributed by atoms with van der Waals surface area (Å²) in [6.07, 6.45) is 3.65. The fraction of sp³-hybridized carbons (Fsp3) is 1.00. The van der Waals surface area contributed by atoms with Gasteiger partial charge in [-0.25, -0.2) is 0 Å². The second-order valence-corrected chi connectivity index (χ2v) is 2.47. The zero-order chi connectivity index (χ0) is 7.11. The molecule has 0 heterocycles. The van der Waals surface area contributed by atoms with Gasteiger partial charge in [-0.2, -0.15) is 0 Å². The van der Waals surface area contributed by atoms with Gasteiger partial charge in [-0.05, 0) is 33.4 Å². The van der Waals surface area contributed by atoms with Crippen molar-refractivity contribution in [2.24, 2.45) is 5.73 Å². The third-order valence-corrected chi connectivity index (χ3v) is 1.58. The SMILES string of the molecule is CN[C@@H](C)CCCCN. The quantitative estimate of drug-likeness (QED) is 0.538. The summed E-state index contributed by atoms with van der Waals surface area (Å²) in [4.78, 5) is 0. The molecule has 0 saturated carbocycles. The highest BCUT2D eigenvalue weighted by molar-refractivity contribution is 4.56. The minimum absolute atomic E-state index is 0.650. The molecule has 0 aliphatic heterocycles. The molecule has 0 saturated heterocycles. The van der Waals surface area contributed by atoms with Gasteiger partial charge in [0.1, 0.15) is 0 Å². The third-order valence-electron chi connectivity index (χ3n) is 1.58. The summed E-state index contributed by atoms with van der Waals surface area (Å²) >= 11 is 0. The molecule has 9 heavy (non-hydrogen) atoms. The molecule has 0 aliphatic carbocycles. The maximum Gasteiger partial charge on any atom is 0.00357 e. The summed E-state index contributed by atoms with van der Waals surface area (Å²) in [5.74, 6) is 0. The van der Waals surface area contributed by atoms with Gasteiger partial charge in [-0.3, -0.25) is 0 Å². The highest BCUT2D eigenvalue weighted by Gasteiger charge is 1.94. The van der Waals surface area contributed by atoms with Gasteiger partial charge >= 0.3 is 0 Å². The number of hydrogen-bond donors (Lipinski definition) is 2. The number of unbranched alkanes of at least 4 members (excludes halogenated alkanes) is 1. The third kappa shape index (κ3) is 5.80. The van der Waals surface area contributed by atoms with Crippen molar-refractivity contribution >= 4 is 0 Å². The van der Waals surface area contributed by atoms with Gasteiger partial charge in [0.05, 0.1) is 0 Å². The zero-order valence-corrected chi connectivity index (χ0v) is 6.48. The zero-order valence-electron chi connectivity index (χ0n) is 6.48. The van der Waals surface area contributed by atoms with E-state index in [1.54, 1.807) is 0 Å². The van der Waals surface area contributed by atoms with Crippen LogP contribution in [0.3, 0.4) is 0 Å². The second kappa shape index (κ2) is 6.05. The summed E-state index contributed by atoms with van der Waals surface area (Å²) in [5, 5.41) is 3.18. The Bertz CT molecular complexity index is 54.9. The molecule has 3 N–H and O–H groups in total. The molecule has 0 spiro atoms. The largest absolute Gasteiger partial charge is 0.330 e.